The summed E-state index contributed by atoms with van der Waals surface area (Å²) in [6, 6.07) is 7.63. The first-order valence-electron chi connectivity index (χ1n) is 5.51. The standard InChI is InChI=1S/C13H16F2O2/c1-10-4-2-3-5-11(10)8-12(16)6-7-17-9-13(14)15/h2-5,13H,6-9H2,1H3. The number of rotatable bonds is 7. The summed E-state index contributed by atoms with van der Waals surface area (Å²) in [6.07, 6.45) is -1.95. The van der Waals surface area contributed by atoms with Gasteiger partial charge >= 0.3 is 0 Å². The Bertz CT molecular complexity index is 364. The Morgan fingerprint density at radius 3 is 2.71 bits per heavy atom. The Labute approximate surface area is 99.6 Å². The van der Waals surface area contributed by atoms with Crippen molar-refractivity contribution in [3.05, 3.63) is 35.4 Å². The van der Waals surface area contributed by atoms with E-state index in [1.165, 1.54) is 0 Å². The third-order valence-corrected chi connectivity index (χ3v) is 2.42. The number of carbonyl (C=O) groups is 1. The fourth-order valence-corrected chi connectivity index (χ4v) is 1.47. The van der Waals surface area contributed by atoms with Gasteiger partial charge in [-0.3, -0.25) is 4.79 Å². The first-order chi connectivity index (χ1) is 8.09. The van der Waals surface area contributed by atoms with Gasteiger partial charge in [0.05, 0.1) is 6.61 Å². The topological polar surface area (TPSA) is 26.3 Å². The highest BCUT2D eigenvalue weighted by atomic mass is 19.3. The molecule has 1 aromatic rings. The monoisotopic (exact) mass is 242 g/mol. The molecule has 0 saturated carbocycles. The maximum absolute atomic E-state index is 11.7. The zero-order valence-corrected chi connectivity index (χ0v) is 9.79. The summed E-state index contributed by atoms with van der Waals surface area (Å²) in [5, 5.41) is 0. The number of ketones is 1. The average Bonchev–Trinajstić information content (AvgIpc) is 2.27. The molecule has 17 heavy (non-hydrogen) atoms. The van der Waals surface area contributed by atoms with Gasteiger partial charge in [-0.2, -0.15) is 0 Å². The van der Waals surface area contributed by atoms with E-state index in [4.69, 9.17) is 0 Å². The lowest BCUT2D eigenvalue weighted by Crippen LogP contribution is -2.11. The molecule has 0 bridgehead atoms. The fraction of sp³-hybridized carbons (Fsp3) is 0.462. The predicted octanol–water partition coefficient (Wildman–Crippen LogP) is 2.78. The molecule has 1 rings (SSSR count). The highest BCUT2D eigenvalue weighted by Gasteiger charge is 2.07. The number of benzene rings is 1. The number of hydrogen-bond donors (Lipinski definition) is 0. The molecule has 0 atom stereocenters. The van der Waals surface area contributed by atoms with E-state index in [1.807, 2.05) is 31.2 Å². The first-order valence-corrected chi connectivity index (χ1v) is 5.51. The normalized spacial score (nSPS) is 10.8. The minimum Gasteiger partial charge on any atom is -0.375 e. The van der Waals surface area contributed by atoms with Crippen molar-refractivity contribution in [2.24, 2.45) is 0 Å². The highest BCUT2D eigenvalue weighted by molar-refractivity contribution is 5.81. The minimum absolute atomic E-state index is 0.00793. The van der Waals surface area contributed by atoms with Gasteiger partial charge < -0.3 is 4.74 Å². The lowest BCUT2D eigenvalue weighted by Gasteiger charge is -2.05. The zero-order chi connectivity index (χ0) is 12.7. The molecular formula is C13H16F2O2. The second-order valence-corrected chi connectivity index (χ2v) is 3.86. The molecule has 0 fully saturated rings. The van der Waals surface area contributed by atoms with Gasteiger partial charge in [0.2, 0.25) is 0 Å². The van der Waals surface area contributed by atoms with Crippen LogP contribution in [0, 0.1) is 6.92 Å². The van der Waals surface area contributed by atoms with Crippen LogP contribution in [-0.2, 0) is 16.0 Å². The maximum Gasteiger partial charge on any atom is 0.261 e. The molecule has 2 nitrogen and oxygen atoms in total. The summed E-state index contributed by atoms with van der Waals surface area (Å²) in [5.74, 6) is 0.00793. The van der Waals surface area contributed by atoms with Crippen LogP contribution in [0.4, 0.5) is 8.78 Å². The Balaban J connectivity index is 2.28. The van der Waals surface area contributed by atoms with E-state index in [9.17, 15) is 13.6 Å². The lowest BCUT2D eigenvalue weighted by molar-refractivity contribution is -0.119. The summed E-state index contributed by atoms with van der Waals surface area (Å²) in [6.45, 7) is 1.41. The van der Waals surface area contributed by atoms with Gasteiger partial charge in [0.15, 0.2) is 0 Å². The number of carbonyl (C=O) groups excluding carboxylic acids is 1. The summed E-state index contributed by atoms with van der Waals surface area (Å²) in [5.41, 5.74) is 2.04. The number of aryl methyl sites for hydroxylation is 1. The molecule has 1 aromatic carbocycles. The Hall–Kier alpha value is -1.29. The van der Waals surface area contributed by atoms with Crippen LogP contribution in [0.1, 0.15) is 17.5 Å². The van der Waals surface area contributed by atoms with Crippen LogP contribution in [0.2, 0.25) is 0 Å². The molecule has 0 aliphatic rings. The fourth-order valence-electron chi connectivity index (χ4n) is 1.47. The Morgan fingerprint density at radius 2 is 2.06 bits per heavy atom. The summed E-state index contributed by atoms with van der Waals surface area (Å²) in [7, 11) is 0. The van der Waals surface area contributed by atoms with Crippen LogP contribution >= 0.6 is 0 Å². The molecular weight excluding hydrogens is 226 g/mol. The number of Topliss-reactive ketones (excluding diaryl/α,β-unsaturated/α-hetero) is 1. The van der Waals surface area contributed by atoms with Gasteiger partial charge in [0.25, 0.3) is 6.43 Å². The molecule has 0 aliphatic carbocycles. The van der Waals surface area contributed by atoms with Gasteiger partial charge in [0.1, 0.15) is 12.4 Å². The third kappa shape index (κ3) is 5.54. The summed E-state index contributed by atoms with van der Waals surface area (Å²) >= 11 is 0. The second kappa shape index (κ2) is 7.12. The van der Waals surface area contributed by atoms with Crippen LogP contribution in [0.15, 0.2) is 24.3 Å². The molecule has 0 aromatic heterocycles. The quantitative estimate of drug-likeness (QED) is 0.687. The predicted molar refractivity (Wildman–Crippen MR) is 61.3 cm³/mol. The van der Waals surface area contributed by atoms with Crippen molar-refractivity contribution >= 4 is 5.78 Å². The van der Waals surface area contributed by atoms with E-state index in [0.717, 1.165) is 11.1 Å². The molecule has 4 heteroatoms. The molecule has 0 amide bonds. The van der Waals surface area contributed by atoms with Crippen molar-refractivity contribution in [3.63, 3.8) is 0 Å². The Morgan fingerprint density at radius 1 is 1.35 bits per heavy atom. The summed E-state index contributed by atoms with van der Waals surface area (Å²) < 4.78 is 28.2. The third-order valence-electron chi connectivity index (χ3n) is 2.42. The molecule has 0 spiro atoms. The van der Waals surface area contributed by atoms with E-state index in [-0.39, 0.29) is 18.8 Å². The number of hydrogen-bond acceptors (Lipinski definition) is 2. The van der Waals surface area contributed by atoms with Gasteiger partial charge in [0, 0.05) is 12.8 Å². The van der Waals surface area contributed by atoms with E-state index in [2.05, 4.69) is 4.74 Å². The van der Waals surface area contributed by atoms with Crippen LogP contribution in [-0.4, -0.2) is 25.4 Å². The molecule has 0 N–H and O–H groups in total. The molecule has 0 aliphatic heterocycles. The van der Waals surface area contributed by atoms with Gasteiger partial charge in [-0.15, -0.1) is 0 Å². The van der Waals surface area contributed by atoms with E-state index in [1.54, 1.807) is 0 Å². The largest absolute Gasteiger partial charge is 0.375 e. The number of ether oxygens (including phenoxy) is 1. The van der Waals surface area contributed by atoms with Crippen LogP contribution in [0.3, 0.4) is 0 Å². The van der Waals surface area contributed by atoms with Crippen molar-refractivity contribution in [1.29, 1.82) is 0 Å². The van der Waals surface area contributed by atoms with Crippen molar-refractivity contribution in [2.45, 2.75) is 26.2 Å². The smallest absolute Gasteiger partial charge is 0.261 e. The summed E-state index contributed by atoms with van der Waals surface area (Å²) in [4.78, 5) is 11.5. The lowest BCUT2D eigenvalue weighted by atomic mass is 10.0. The van der Waals surface area contributed by atoms with Crippen molar-refractivity contribution in [3.8, 4) is 0 Å². The van der Waals surface area contributed by atoms with Gasteiger partial charge in [-0.25, -0.2) is 8.78 Å². The number of halogens is 2. The van der Waals surface area contributed by atoms with Crippen molar-refractivity contribution in [1.82, 2.24) is 0 Å². The average molecular weight is 242 g/mol. The number of alkyl halides is 2. The van der Waals surface area contributed by atoms with Gasteiger partial charge in [-0.1, -0.05) is 24.3 Å². The molecule has 0 saturated heterocycles. The van der Waals surface area contributed by atoms with Crippen molar-refractivity contribution < 1.29 is 18.3 Å². The molecule has 0 heterocycles. The minimum atomic E-state index is -2.47. The van der Waals surface area contributed by atoms with Crippen LogP contribution < -0.4 is 0 Å². The van der Waals surface area contributed by atoms with E-state index >= 15 is 0 Å². The van der Waals surface area contributed by atoms with E-state index < -0.39 is 13.0 Å². The SMILES string of the molecule is Cc1ccccc1CC(=O)CCOCC(F)F. The second-order valence-electron chi connectivity index (χ2n) is 3.86. The highest BCUT2D eigenvalue weighted by Crippen LogP contribution is 2.09. The van der Waals surface area contributed by atoms with Gasteiger partial charge in [-0.05, 0) is 18.1 Å². The van der Waals surface area contributed by atoms with Crippen LogP contribution in [0.25, 0.3) is 0 Å². The van der Waals surface area contributed by atoms with Crippen LogP contribution in [0.5, 0.6) is 0 Å². The Kier molecular flexibility index (Phi) is 5.77. The van der Waals surface area contributed by atoms with Crippen molar-refractivity contribution in [2.75, 3.05) is 13.2 Å². The molecule has 94 valence electrons. The zero-order valence-electron chi connectivity index (χ0n) is 9.79. The molecule has 0 unspecified atom stereocenters. The molecule has 0 radical (unpaired) electrons. The van der Waals surface area contributed by atoms with E-state index in [0.29, 0.717) is 6.42 Å². The first kappa shape index (κ1) is 13.8. The maximum atomic E-state index is 11.7.